The van der Waals surface area contributed by atoms with Gasteiger partial charge in [-0.3, -0.25) is 14.6 Å². The van der Waals surface area contributed by atoms with Crippen molar-refractivity contribution in [2.24, 2.45) is 7.05 Å². The Morgan fingerprint density at radius 2 is 2.14 bits per heavy atom. The van der Waals surface area contributed by atoms with E-state index < -0.39 is 0 Å². The molecule has 1 aliphatic rings. The number of aromatic amines is 1. The predicted octanol–water partition coefficient (Wildman–Crippen LogP) is 2.05. The summed E-state index contributed by atoms with van der Waals surface area (Å²) >= 11 is 0. The number of carbonyl (C=O) groups is 1. The van der Waals surface area contributed by atoms with Gasteiger partial charge in [0.2, 0.25) is 0 Å². The highest BCUT2D eigenvalue weighted by Crippen LogP contribution is 2.36. The lowest BCUT2D eigenvalue weighted by atomic mass is 10.0. The van der Waals surface area contributed by atoms with E-state index in [1.165, 1.54) is 11.0 Å². The summed E-state index contributed by atoms with van der Waals surface area (Å²) in [5.74, 6) is 1.20. The highest BCUT2D eigenvalue weighted by Gasteiger charge is 2.29. The molecule has 1 saturated carbocycles. The molecule has 10 heteroatoms. The first-order valence-corrected chi connectivity index (χ1v) is 9.42. The Morgan fingerprint density at radius 1 is 1.31 bits per heavy atom. The molecule has 29 heavy (non-hydrogen) atoms. The zero-order chi connectivity index (χ0) is 20.2. The van der Waals surface area contributed by atoms with E-state index in [1.54, 1.807) is 32.6 Å². The van der Waals surface area contributed by atoms with Crippen molar-refractivity contribution in [3.05, 3.63) is 47.9 Å². The van der Waals surface area contributed by atoms with Crippen molar-refractivity contribution in [2.45, 2.75) is 37.9 Å². The molecule has 3 aromatic heterocycles. The number of H-pyrrole nitrogens is 1. The molecule has 2 N–H and O–H groups in total. The molecule has 4 rings (SSSR count). The van der Waals surface area contributed by atoms with Gasteiger partial charge in [-0.15, -0.1) is 0 Å². The fourth-order valence-electron chi connectivity index (χ4n) is 3.62. The second-order valence-corrected chi connectivity index (χ2v) is 7.06. The van der Waals surface area contributed by atoms with Gasteiger partial charge in [0.15, 0.2) is 11.6 Å². The van der Waals surface area contributed by atoms with Gasteiger partial charge in [0.25, 0.3) is 5.91 Å². The Labute approximate surface area is 167 Å². The Bertz CT molecular complexity index is 969. The average molecular weight is 397 g/mol. The molecule has 10 nitrogen and oxygen atoms in total. The minimum Gasteiger partial charge on any atom is -0.487 e. The van der Waals surface area contributed by atoms with Gasteiger partial charge in [-0.05, 0) is 25.3 Å². The normalized spacial score (nSPS) is 18.7. The zero-order valence-electron chi connectivity index (χ0n) is 16.3. The topological polar surface area (TPSA) is 120 Å². The van der Waals surface area contributed by atoms with Gasteiger partial charge in [0.1, 0.15) is 12.0 Å². The number of hydrogen-bond donors (Lipinski definition) is 2. The van der Waals surface area contributed by atoms with E-state index in [0.29, 0.717) is 35.5 Å². The Kier molecular flexibility index (Phi) is 5.52. The molecule has 3 aromatic rings. The van der Waals surface area contributed by atoms with Crippen LogP contribution in [-0.4, -0.2) is 49.1 Å². The van der Waals surface area contributed by atoms with Gasteiger partial charge >= 0.3 is 0 Å². The molecule has 0 bridgehead atoms. The summed E-state index contributed by atoms with van der Waals surface area (Å²) in [5, 5.41) is 14.4. The highest BCUT2D eigenvalue weighted by molar-refractivity contribution is 6.02. The van der Waals surface area contributed by atoms with Crippen LogP contribution in [0.3, 0.4) is 0 Å². The van der Waals surface area contributed by atoms with E-state index in [2.05, 4.69) is 30.6 Å². The average Bonchev–Trinajstić information content (AvgIpc) is 3.43. The van der Waals surface area contributed by atoms with Gasteiger partial charge in [-0.2, -0.15) is 10.2 Å². The van der Waals surface area contributed by atoms with E-state index in [1.807, 2.05) is 6.07 Å². The highest BCUT2D eigenvalue weighted by atomic mass is 16.5. The number of nitrogens with one attached hydrogen (secondary N) is 2. The van der Waals surface area contributed by atoms with Crippen LogP contribution >= 0.6 is 0 Å². The molecule has 2 atom stereocenters. The maximum atomic E-state index is 12.5. The number of methoxy groups -OCH3 is 1. The molecule has 0 aliphatic heterocycles. The first kappa shape index (κ1) is 19.1. The van der Waals surface area contributed by atoms with Crippen molar-refractivity contribution in [2.75, 3.05) is 12.4 Å². The number of carbonyl (C=O) groups excluding carboxylic acids is 1. The molecule has 0 saturated heterocycles. The van der Waals surface area contributed by atoms with E-state index in [-0.39, 0.29) is 12.0 Å². The monoisotopic (exact) mass is 397 g/mol. The predicted molar refractivity (Wildman–Crippen MR) is 104 cm³/mol. The van der Waals surface area contributed by atoms with E-state index in [4.69, 9.17) is 9.47 Å². The van der Waals surface area contributed by atoms with Crippen LogP contribution in [0.4, 0.5) is 5.82 Å². The number of aromatic nitrogens is 6. The second-order valence-electron chi connectivity index (χ2n) is 7.06. The summed E-state index contributed by atoms with van der Waals surface area (Å²) in [5.41, 5.74) is 2.13. The van der Waals surface area contributed by atoms with E-state index in [0.717, 1.165) is 25.0 Å². The quantitative estimate of drug-likeness (QED) is 0.626. The molecular weight excluding hydrogens is 374 g/mol. The molecule has 0 unspecified atom stereocenters. The molecule has 0 spiro atoms. The number of rotatable bonds is 7. The molecule has 3 heterocycles. The van der Waals surface area contributed by atoms with Gasteiger partial charge < -0.3 is 14.8 Å². The number of nitrogens with zero attached hydrogens (tertiary/aromatic N) is 5. The van der Waals surface area contributed by atoms with Crippen molar-refractivity contribution in [1.29, 1.82) is 0 Å². The van der Waals surface area contributed by atoms with Crippen LogP contribution in [0.15, 0.2) is 30.9 Å². The van der Waals surface area contributed by atoms with Crippen LogP contribution in [0.1, 0.15) is 47.1 Å². The summed E-state index contributed by atoms with van der Waals surface area (Å²) in [7, 11) is 3.31. The molecule has 0 radical (unpaired) electrons. The summed E-state index contributed by atoms with van der Waals surface area (Å²) in [6, 6.07) is 3.58. The lowest BCUT2D eigenvalue weighted by Crippen LogP contribution is -2.16. The lowest BCUT2D eigenvalue weighted by molar-refractivity contribution is 0.101. The molecule has 1 fully saturated rings. The first-order chi connectivity index (χ1) is 14.1. The van der Waals surface area contributed by atoms with E-state index >= 15 is 0 Å². The SMILES string of the molecule is COCc1cc(C(=O)Nc2cc([C@@H]3CC[C@H](Oc4cncnc4)C3)[nH]n2)n(C)n1. The third-order valence-electron chi connectivity index (χ3n) is 4.96. The third-order valence-corrected chi connectivity index (χ3v) is 4.96. The Morgan fingerprint density at radius 3 is 2.93 bits per heavy atom. The molecule has 0 aromatic carbocycles. The molecule has 1 amide bonds. The van der Waals surface area contributed by atoms with Crippen LogP contribution < -0.4 is 10.1 Å². The second kappa shape index (κ2) is 8.39. The largest absolute Gasteiger partial charge is 0.487 e. The standard InChI is InChI=1S/C19H23N7O3/c1-26-17(6-13(25-26)10-28-2)19(27)22-18-7-16(23-24-18)12-3-4-14(5-12)29-15-8-20-11-21-9-15/h6-9,11-12,14H,3-5,10H2,1-2H3,(H2,22,23,24,27)/t12-,14+/m1/s1. The van der Waals surface area contributed by atoms with Gasteiger partial charge in [-0.25, -0.2) is 9.97 Å². The van der Waals surface area contributed by atoms with Gasteiger partial charge in [0, 0.05) is 31.8 Å². The Hall–Kier alpha value is -3.27. The summed E-state index contributed by atoms with van der Waals surface area (Å²) < 4.78 is 12.5. The van der Waals surface area contributed by atoms with Crippen LogP contribution in [0.2, 0.25) is 0 Å². The summed E-state index contributed by atoms with van der Waals surface area (Å²) in [6.07, 6.45) is 7.72. The molecular formula is C19H23N7O3. The number of anilines is 1. The number of amides is 1. The summed E-state index contributed by atoms with van der Waals surface area (Å²) in [4.78, 5) is 20.5. The van der Waals surface area contributed by atoms with Crippen molar-refractivity contribution >= 4 is 11.7 Å². The van der Waals surface area contributed by atoms with Crippen LogP contribution in [0.5, 0.6) is 5.75 Å². The Balaban J connectivity index is 1.36. The smallest absolute Gasteiger partial charge is 0.275 e. The fourth-order valence-corrected chi connectivity index (χ4v) is 3.62. The van der Waals surface area contributed by atoms with Crippen molar-refractivity contribution in [1.82, 2.24) is 29.9 Å². The minimum absolute atomic E-state index is 0.112. The van der Waals surface area contributed by atoms with Gasteiger partial charge in [-0.1, -0.05) is 0 Å². The minimum atomic E-state index is -0.267. The molecule has 152 valence electrons. The van der Waals surface area contributed by atoms with Crippen molar-refractivity contribution in [3.63, 3.8) is 0 Å². The van der Waals surface area contributed by atoms with Crippen molar-refractivity contribution < 1.29 is 14.3 Å². The van der Waals surface area contributed by atoms with E-state index in [9.17, 15) is 4.79 Å². The lowest BCUT2D eigenvalue weighted by Gasteiger charge is -2.12. The maximum Gasteiger partial charge on any atom is 0.275 e. The summed E-state index contributed by atoms with van der Waals surface area (Å²) in [6.45, 7) is 0.355. The maximum absolute atomic E-state index is 12.5. The van der Waals surface area contributed by atoms with Crippen LogP contribution in [0.25, 0.3) is 0 Å². The fraction of sp³-hybridized carbons (Fsp3) is 0.421. The van der Waals surface area contributed by atoms with Crippen LogP contribution in [0, 0.1) is 0 Å². The number of aryl methyl sites for hydroxylation is 1. The van der Waals surface area contributed by atoms with Crippen LogP contribution in [-0.2, 0) is 18.4 Å². The number of ether oxygens (including phenoxy) is 2. The molecule has 1 aliphatic carbocycles. The van der Waals surface area contributed by atoms with Gasteiger partial charge in [0.05, 0.1) is 30.8 Å². The number of hydrogen-bond acceptors (Lipinski definition) is 7. The first-order valence-electron chi connectivity index (χ1n) is 9.42. The third kappa shape index (κ3) is 4.43. The zero-order valence-corrected chi connectivity index (χ0v) is 16.3. The van der Waals surface area contributed by atoms with Crippen molar-refractivity contribution in [3.8, 4) is 5.75 Å².